The third-order valence-electron chi connectivity index (χ3n) is 4.45. The van der Waals surface area contributed by atoms with Crippen LogP contribution in [-0.4, -0.2) is 39.9 Å². The molecule has 2 N–H and O–H groups in total. The minimum absolute atomic E-state index is 0.0560. The summed E-state index contributed by atoms with van der Waals surface area (Å²) in [5, 5.41) is 7.23. The van der Waals surface area contributed by atoms with Crippen LogP contribution in [0.5, 0.6) is 0 Å². The second-order valence-electron chi connectivity index (χ2n) is 6.52. The Morgan fingerprint density at radius 3 is 3.04 bits per heavy atom. The minimum atomic E-state index is -0.0560. The van der Waals surface area contributed by atoms with Gasteiger partial charge in [0.15, 0.2) is 0 Å². The van der Waals surface area contributed by atoms with Gasteiger partial charge in [-0.3, -0.25) is 9.48 Å². The fourth-order valence-corrected chi connectivity index (χ4v) is 3.28. The molecule has 2 aromatic heterocycles. The van der Waals surface area contributed by atoms with Crippen molar-refractivity contribution in [1.82, 2.24) is 20.1 Å². The van der Waals surface area contributed by atoms with Gasteiger partial charge in [0.25, 0.3) is 5.91 Å². The van der Waals surface area contributed by atoms with Crippen LogP contribution in [0.2, 0.25) is 0 Å². The molecule has 6 heteroatoms. The standard InChI is InChI=1S/C17H24N4O2/c1-11(2)16-12(4-5-23-16)6-19-17(22)15-9-18-8-14(15)13-7-20-21(3)10-13/h7-12,16,18H,4-6H2,1-3H3,(H,19,22)/t12-,16-/m1/s1. The zero-order valence-electron chi connectivity index (χ0n) is 13.9. The lowest BCUT2D eigenvalue weighted by molar-refractivity contribution is 0.0533. The van der Waals surface area contributed by atoms with Crippen LogP contribution in [0.4, 0.5) is 0 Å². The molecule has 124 valence electrons. The van der Waals surface area contributed by atoms with Gasteiger partial charge in [0.2, 0.25) is 0 Å². The lowest BCUT2D eigenvalue weighted by Gasteiger charge is -2.22. The third-order valence-corrected chi connectivity index (χ3v) is 4.45. The number of ether oxygens (including phenoxy) is 1. The molecule has 6 nitrogen and oxygen atoms in total. The van der Waals surface area contributed by atoms with E-state index >= 15 is 0 Å². The average molecular weight is 316 g/mol. The van der Waals surface area contributed by atoms with Crippen molar-refractivity contribution >= 4 is 5.91 Å². The van der Waals surface area contributed by atoms with Gasteiger partial charge in [0, 0.05) is 55.8 Å². The first-order chi connectivity index (χ1) is 11.1. The molecule has 0 saturated carbocycles. The highest BCUT2D eigenvalue weighted by molar-refractivity contribution is 6.00. The fourth-order valence-electron chi connectivity index (χ4n) is 3.28. The van der Waals surface area contributed by atoms with E-state index in [1.54, 1.807) is 17.1 Å². The van der Waals surface area contributed by atoms with Gasteiger partial charge in [-0.05, 0) is 12.3 Å². The number of carbonyl (C=O) groups is 1. The maximum absolute atomic E-state index is 12.5. The van der Waals surface area contributed by atoms with Crippen LogP contribution >= 0.6 is 0 Å². The Balaban J connectivity index is 1.67. The molecule has 3 rings (SSSR count). The smallest absolute Gasteiger partial charge is 0.253 e. The molecule has 0 aromatic carbocycles. The molecular formula is C17H24N4O2. The number of nitrogens with zero attached hydrogens (tertiary/aromatic N) is 2. The van der Waals surface area contributed by atoms with Gasteiger partial charge in [-0.1, -0.05) is 13.8 Å². The summed E-state index contributed by atoms with van der Waals surface area (Å²) in [7, 11) is 1.86. The van der Waals surface area contributed by atoms with Crippen molar-refractivity contribution in [3.8, 4) is 11.1 Å². The summed E-state index contributed by atoms with van der Waals surface area (Å²) in [6, 6.07) is 0. The Hall–Kier alpha value is -2.08. The highest BCUT2D eigenvalue weighted by Gasteiger charge is 2.31. The molecule has 1 saturated heterocycles. The van der Waals surface area contributed by atoms with E-state index in [1.807, 2.05) is 19.4 Å². The van der Waals surface area contributed by atoms with E-state index in [-0.39, 0.29) is 12.0 Å². The molecule has 2 atom stereocenters. The van der Waals surface area contributed by atoms with E-state index in [2.05, 4.69) is 29.2 Å². The number of hydrogen-bond acceptors (Lipinski definition) is 3. The number of aromatic amines is 1. The highest BCUT2D eigenvalue weighted by atomic mass is 16.5. The van der Waals surface area contributed by atoms with Crippen molar-refractivity contribution in [3.05, 3.63) is 30.4 Å². The van der Waals surface area contributed by atoms with E-state index in [9.17, 15) is 4.79 Å². The number of carbonyl (C=O) groups excluding carboxylic acids is 1. The fraction of sp³-hybridized carbons (Fsp3) is 0.529. The topological polar surface area (TPSA) is 71.9 Å². The number of hydrogen-bond donors (Lipinski definition) is 2. The van der Waals surface area contributed by atoms with Crippen LogP contribution < -0.4 is 5.32 Å². The first-order valence-electron chi connectivity index (χ1n) is 8.12. The van der Waals surface area contributed by atoms with Crippen molar-refractivity contribution in [2.45, 2.75) is 26.4 Å². The molecule has 2 aromatic rings. The first-order valence-corrected chi connectivity index (χ1v) is 8.12. The van der Waals surface area contributed by atoms with Crippen LogP contribution in [0.1, 0.15) is 30.6 Å². The Labute approximate surface area is 136 Å². The molecule has 1 aliphatic rings. The maximum atomic E-state index is 12.5. The van der Waals surface area contributed by atoms with E-state index in [1.165, 1.54) is 0 Å². The Morgan fingerprint density at radius 1 is 1.52 bits per heavy atom. The van der Waals surface area contributed by atoms with Gasteiger partial charge >= 0.3 is 0 Å². The summed E-state index contributed by atoms with van der Waals surface area (Å²) in [4.78, 5) is 15.6. The minimum Gasteiger partial charge on any atom is -0.378 e. The summed E-state index contributed by atoms with van der Waals surface area (Å²) in [6.07, 6.45) is 8.48. The van der Waals surface area contributed by atoms with Crippen molar-refractivity contribution in [3.63, 3.8) is 0 Å². The van der Waals surface area contributed by atoms with E-state index < -0.39 is 0 Å². The van der Waals surface area contributed by atoms with Crippen molar-refractivity contribution in [1.29, 1.82) is 0 Å². The largest absolute Gasteiger partial charge is 0.378 e. The van der Waals surface area contributed by atoms with E-state index in [0.29, 0.717) is 23.9 Å². The SMILES string of the molecule is CC(C)[C@H]1OCC[C@@H]1CNC(=O)c1c[nH]cc1-c1cnn(C)c1. The molecule has 23 heavy (non-hydrogen) atoms. The third kappa shape index (κ3) is 3.32. The van der Waals surface area contributed by atoms with Gasteiger partial charge in [-0.25, -0.2) is 0 Å². The summed E-state index contributed by atoms with van der Waals surface area (Å²) in [5.41, 5.74) is 2.46. The summed E-state index contributed by atoms with van der Waals surface area (Å²) < 4.78 is 7.51. The number of amides is 1. The molecular weight excluding hydrogens is 292 g/mol. The molecule has 0 aliphatic carbocycles. The lowest BCUT2D eigenvalue weighted by Crippen LogP contribution is -2.34. The average Bonchev–Trinajstić information content (AvgIpc) is 3.23. The zero-order chi connectivity index (χ0) is 16.4. The van der Waals surface area contributed by atoms with E-state index in [4.69, 9.17) is 4.74 Å². The molecule has 1 aliphatic heterocycles. The molecule has 0 spiro atoms. The van der Waals surface area contributed by atoms with Crippen molar-refractivity contribution in [2.75, 3.05) is 13.2 Å². The molecule has 3 heterocycles. The van der Waals surface area contributed by atoms with Crippen LogP contribution in [0.3, 0.4) is 0 Å². The first kappa shape index (κ1) is 15.8. The van der Waals surface area contributed by atoms with Gasteiger partial charge in [-0.15, -0.1) is 0 Å². The maximum Gasteiger partial charge on any atom is 0.253 e. The second-order valence-corrected chi connectivity index (χ2v) is 6.52. The molecule has 0 radical (unpaired) electrons. The van der Waals surface area contributed by atoms with Gasteiger partial charge in [0.05, 0.1) is 17.9 Å². The van der Waals surface area contributed by atoms with E-state index in [0.717, 1.165) is 24.2 Å². The number of nitrogens with one attached hydrogen (secondary N) is 2. The molecule has 1 fully saturated rings. The second kappa shape index (κ2) is 6.58. The van der Waals surface area contributed by atoms with Gasteiger partial charge < -0.3 is 15.0 Å². The summed E-state index contributed by atoms with van der Waals surface area (Å²) >= 11 is 0. The van der Waals surface area contributed by atoms with Crippen molar-refractivity contribution < 1.29 is 9.53 Å². The lowest BCUT2D eigenvalue weighted by atomic mass is 9.93. The van der Waals surface area contributed by atoms with Crippen LogP contribution in [0.25, 0.3) is 11.1 Å². The molecule has 0 unspecified atom stereocenters. The zero-order valence-corrected chi connectivity index (χ0v) is 13.9. The Bertz CT molecular complexity index is 674. The van der Waals surface area contributed by atoms with Gasteiger partial charge in [-0.2, -0.15) is 5.10 Å². The normalized spacial score (nSPS) is 21.0. The molecule has 0 bridgehead atoms. The van der Waals surface area contributed by atoms with Crippen LogP contribution in [0, 0.1) is 11.8 Å². The summed E-state index contributed by atoms with van der Waals surface area (Å²) in [5.74, 6) is 0.803. The van der Waals surface area contributed by atoms with Crippen LogP contribution in [0.15, 0.2) is 24.8 Å². The van der Waals surface area contributed by atoms with Crippen molar-refractivity contribution in [2.24, 2.45) is 18.9 Å². The Kier molecular flexibility index (Phi) is 4.52. The Morgan fingerprint density at radius 2 is 2.35 bits per heavy atom. The number of rotatable bonds is 5. The number of aromatic nitrogens is 3. The molecule has 1 amide bonds. The predicted octanol–water partition coefficient (Wildman–Crippen LogP) is 2.21. The predicted molar refractivity (Wildman–Crippen MR) is 88.0 cm³/mol. The number of H-pyrrole nitrogens is 1. The highest BCUT2D eigenvalue weighted by Crippen LogP contribution is 2.27. The summed E-state index contributed by atoms with van der Waals surface area (Å²) in [6.45, 7) is 5.77. The van der Waals surface area contributed by atoms with Gasteiger partial charge in [0.1, 0.15) is 0 Å². The quantitative estimate of drug-likeness (QED) is 0.888. The monoisotopic (exact) mass is 316 g/mol. The van der Waals surface area contributed by atoms with Crippen LogP contribution in [-0.2, 0) is 11.8 Å². The number of aryl methyl sites for hydroxylation is 1.